The summed E-state index contributed by atoms with van der Waals surface area (Å²) in [5.41, 5.74) is 8.22. The first-order valence-electron chi connectivity index (χ1n) is 9.15. The van der Waals surface area contributed by atoms with Crippen LogP contribution < -0.4 is 15.8 Å². The van der Waals surface area contributed by atoms with E-state index in [0.717, 1.165) is 47.2 Å². The number of carbonyl (C=O) groups excluding carboxylic acids is 1. The molecule has 0 saturated heterocycles. The van der Waals surface area contributed by atoms with E-state index < -0.39 is 6.04 Å². The lowest BCUT2D eigenvalue weighted by Gasteiger charge is -2.24. The van der Waals surface area contributed by atoms with E-state index >= 15 is 0 Å². The Balaban J connectivity index is 2.33. The predicted octanol–water partition coefficient (Wildman–Crippen LogP) is 2.39. The number of unbranched alkanes of at least 4 members (excludes halogenated alkanes) is 1. The molecular weight excluding hydrogens is 314 g/mol. The summed E-state index contributed by atoms with van der Waals surface area (Å²) in [5, 5.41) is 2.95. The molecular formula is C20H36N3O2+. The van der Waals surface area contributed by atoms with E-state index in [1.165, 1.54) is 0 Å². The Labute approximate surface area is 153 Å². The van der Waals surface area contributed by atoms with Gasteiger partial charge in [-0.05, 0) is 51.2 Å². The quantitative estimate of drug-likeness (QED) is 0.503. The highest BCUT2D eigenvalue weighted by Gasteiger charge is 2.17. The van der Waals surface area contributed by atoms with Gasteiger partial charge in [0.05, 0.1) is 39.8 Å². The van der Waals surface area contributed by atoms with Crippen LogP contribution >= 0.6 is 0 Å². The van der Waals surface area contributed by atoms with Gasteiger partial charge >= 0.3 is 0 Å². The van der Waals surface area contributed by atoms with Gasteiger partial charge in [-0.15, -0.1) is 0 Å². The molecule has 2 atom stereocenters. The topological polar surface area (TPSA) is 64.3 Å². The molecule has 1 amide bonds. The number of aryl methyl sites for hydroxylation is 2. The van der Waals surface area contributed by atoms with Gasteiger partial charge in [-0.25, -0.2) is 0 Å². The number of hydrogen-bond donors (Lipinski definition) is 2. The minimum Gasteiger partial charge on any atom is -0.491 e. The van der Waals surface area contributed by atoms with Crippen molar-refractivity contribution >= 4 is 5.91 Å². The van der Waals surface area contributed by atoms with E-state index in [2.05, 4.69) is 26.5 Å². The molecule has 0 aliphatic heterocycles. The third kappa shape index (κ3) is 8.36. The summed E-state index contributed by atoms with van der Waals surface area (Å²) in [4.78, 5) is 12.2. The zero-order valence-electron chi connectivity index (χ0n) is 16.8. The van der Waals surface area contributed by atoms with Crippen molar-refractivity contribution in [1.82, 2.24) is 5.32 Å². The third-order valence-electron chi connectivity index (χ3n) is 4.21. The van der Waals surface area contributed by atoms with Crippen molar-refractivity contribution in [3.8, 4) is 5.75 Å². The molecule has 0 bridgehead atoms. The van der Waals surface area contributed by atoms with Gasteiger partial charge in [0.2, 0.25) is 5.91 Å². The molecule has 0 saturated carbocycles. The number of ether oxygens (including phenoxy) is 1. The van der Waals surface area contributed by atoms with Crippen LogP contribution in [0.15, 0.2) is 18.2 Å². The maximum Gasteiger partial charge on any atom is 0.237 e. The average molecular weight is 351 g/mol. The first-order valence-corrected chi connectivity index (χ1v) is 9.15. The van der Waals surface area contributed by atoms with E-state index in [0.29, 0.717) is 6.61 Å². The third-order valence-corrected chi connectivity index (χ3v) is 4.21. The monoisotopic (exact) mass is 350 g/mol. The van der Waals surface area contributed by atoms with Crippen molar-refractivity contribution in [3.05, 3.63) is 29.3 Å². The fraction of sp³-hybridized carbons (Fsp3) is 0.650. The Kier molecular flexibility index (Phi) is 8.39. The molecule has 0 aliphatic carbocycles. The molecule has 5 nitrogen and oxygen atoms in total. The maximum atomic E-state index is 12.2. The summed E-state index contributed by atoms with van der Waals surface area (Å²) in [7, 11) is 6.51. The van der Waals surface area contributed by atoms with Crippen LogP contribution in [-0.4, -0.2) is 56.8 Å². The Morgan fingerprint density at radius 2 is 1.80 bits per heavy atom. The van der Waals surface area contributed by atoms with Gasteiger partial charge in [0.1, 0.15) is 12.4 Å². The lowest BCUT2D eigenvalue weighted by atomic mass is 10.1. The number of carbonyl (C=O) groups is 1. The van der Waals surface area contributed by atoms with E-state index in [-0.39, 0.29) is 11.9 Å². The minimum absolute atomic E-state index is 0.0798. The van der Waals surface area contributed by atoms with Crippen LogP contribution in [0.3, 0.4) is 0 Å². The fourth-order valence-electron chi connectivity index (χ4n) is 2.71. The molecule has 0 radical (unpaired) electrons. The van der Waals surface area contributed by atoms with E-state index in [4.69, 9.17) is 10.5 Å². The molecule has 0 aromatic heterocycles. The molecule has 142 valence electrons. The first-order chi connectivity index (χ1) is 11.6. The molecule has 25 heavy (non-hydrogen) atoms. The molecule has 0 spiro atoms. The van der Waals surface area contributed by atoms with Crippen LogP contribution in [0.1, 0.15) is 37.3 Å². The van der Waals surface area contributed by atoms with Crippen LogP contribution in [-0.2, 0) is 4.79 Å². The number of nitrogens with zero attached hydrogens (tertiary/aromatic N) is 1. The SMILES string of the molecule is Cc1cccc(C)c1OCC(C)NC(=O)[C@@H](N)CCCC[N+](C)(C)C. The van der Waals surface area contributed by atoms with Gasteiger partial charge in [0, 0.05) is 0 Å². The Hall–Kier alpha value is -1.59. The van der Waals surface area contributed by atoms with Crippen LogP contribution in [0, 0.1) is 13.8 Å². The summed E-state index contributed by atoms with van der Waals surface area (Å²) in [6.07, 6.45) is 2.77. The fourth-order valence-corrected chi connectivity index (χ4v) is 2.71. The highest BCUT2D eigenvalue weighted by atomic mass is 16.5. The lowest BCUT2D eigenvalue weighted by molar-refractivity contribution is -0.870. The molecule has 1 unspecified atom stereocenters. The van der Waals surface area contributed by atoms with Crippen molar-refractivity contribution < 1.29 is 14.0 Å². The molecule has 3 N–H and O–H groups in total. The van der Waals surface area contributed by atoms with E-state index in [1.807, 2.05) is 39.0 Å². The molecule has 1 aromatic carbocycles. The Morgan fingerprint density at radius 1 is 1.20 bits per heavy atom. The Morgan fingerprint density at radius 3 is 2.36 bits per heavy atom. The van der Waals surface area contributed by atoms with Gasteiger partial charge in [0.25, 0.3) is 0 Å². The number of nitrogens with one attached hydrogen (secondary N) is 1. The van der Waals surface area contributed by atoms with E-state index in [9.17, 15) is 4.79 Å². The zero-order valence-corrected chi connectivity index (χ0v) is 16.8. The standard InChI is InChI=1S/C20H35N3O2/c1-15-10-9-11-16(2)19(15)25-14-17(3)22-20(24)18(21)12-7-8-13-23(4,5)6/h9-11,17-18H,7-8,12-14,21H2,1-6H3/p+1/t17?,18-/m0/s1. The smallest absolute Gasteiger partial charge is 0.237 e. The van der Waals surface area contributed by atoms with Gasteiger partial charge in [-0.1, -0.05) is 18.2 Å². The molecule has 1 rings (SSSR count). The van der Waals surface area contributed by atoms with Crippen LogP contribution in [0.2, 0.25) is 0 Å². The second kappa shape index (κ2) is 9.78. The molecule has 0 heterocycles. The predicted molar refractivity (Wildman–Crippen MR) is 104 cm³/mol. The molecule has 0 fully saturated rings. The minimum atomic E-state index is -0.449. The lowest BCUT2D eigenvalue weighted by Crippen LogP contribution is -2.46. The molecule has 0 aliphatic rings. The van der Waals surface area contributed by atoms with Gasteiger partial charge in [0.15, 0.2) is 0 Å². The zero-order chi connectivity index (χ0) is 19.0. The number of benzene rings is 1. The number of quaternary nitrogens is 1. The largest absolute Gasteiger partial charge is 0.491 e. The second-order valence-electron chi connectivity index (χ2n) is 8.06. The summed E-state index contributed by atoms with van der Waals surface area (Å²) in [6, 6.07) is 5.54. The maximum absolute atomic E-state index is 12.2. The Bertz CT molecular complexity index is 532. The van der Waals surface area contributed by atoms with Crippen LogP contribution in [0.5, 0.6) is 5.75 Å². The van der Waals surface area contributed by atoms with Crippen molar-refractivity contribution in [1.29, 1.82) is 0 Å². The van der Waals surface area contributed by atoms with Crippen LogP contribution in [0.25, 0.3) is 0 Å². The van der Waals surface area contributed by atoms with Gasteiger partial charge in [-0.3, -0.25) is 4.79 Å². The summed E-state index contributed by atoms with van der Waals surface area (Å²) >= 11 is 0. The molecule has 5 heteroatoms. The van der Waals surface area contributed by atoms with E-state index in [1.54, 1.807) is 0 Å². The molecule has 1 aromatic rings. The summed E-state index contributed by atoms with van der Waals surface area (Å²) in [5.74, 6) is 0.802. The van der Waals surface area contributed by atoms with Crippen LogP contribution in [0.4, 0.5) is 0 Å². The summed E-state index contributed by atoms with van der Waals surface area (Å²) < 4.78 is 6.83. The number of nitrogens with two attached hydrogens (primary N) is 1. The van der Waals surface area contributed by atoms with Crippen molar-refractivity contribution in [2.24, 2.45) is 5.73 Å². The number of amides is 1. The second-order valence-corrected chi connectivity index (χ2v) is 8.06. The number of rotatable bonds is 10. The first kappa shape index (κ1) is 21.5. The van der Waals surface area contributed by atoms with Gasteiger partial charge in [-0.2, -0.15) is 0 Å². The summed E-state index contributed by atoms with van der Waals surface area (Å²) in [6.45, 7) is 7.52. The van der Waals surface area contributed by atoms with Crippen molar-refractivity contribution in [3.63, 3.8) is 0 Å². The number of hydrogen-bond acceptors (Lipinski definition) is 3. The highest BCUT2D eigenvalue weighted by molar-refractivity contribution is 5.81. The van der Waals surface area contributed by atoms with Gasteiger partial charge < -0.3 is 20.3 Å². The normalized spacial score (nSPS) is 14.0. The van der Waals surface area contributed by atoms with Crippen molar-refractivity contribution in [2.45, 2.75) is 52.1 Å². The average Bonchev–Trinajstić information content (AvgIpc) is 2.49. The highest BCUT2D eigenvalue weighted by Crippen LogP contribution is 2.22. The van der Waals surface area contributed by atoms with Crippen molar-refractivity contribution in [2.75, 3.05) is 34.3 Å². The number of para-hydroxylation sites is 1.